The Kier molecular flexibility index (Phi) is 5.02. The molecule has 0 aliphatic carbocycles. The zero-order valence-corrected chi connectivity index (χ0v) is 12.5. The van der Waals surface area contributed by atoms with Crippen LogP contribution < -0.4 is 5.32 Å². The largest absolute Gasteiger partial charge is 0.478 e. The predicted octanol–water partition coefficient (Wildman–Crippen LogP) is 0.199. The van der Waals surface area contributed by atoms with Crippen molar-refractivity contribution < 1.29 is 27.5 Å². The summed E-state index contributed by atoms with van der Waals surface area (Å²) in [4.78, 5) is 21.7. The van der Waals surface area contributed by atoms with E-state index in [-0.39, 0.29) is 5.56 Å². The SMILES string of the molecule is CNC(=O)CN(C)S(=O)(=O)c1cc(C(=O)O)cc(F)c1C. The van der Waals surface area contributed by atoms with Gasteiger partial charge in [-0.15, -0.1) is 0 Å². The number of aromatic carboxylic acids is 1. The Labute approximate surface area is 121 Å². The van der Waals surface area contributed by atoms with Gasteiger partial charge in [0.15, 0.2) is 0 Å². The van der Waals surface area contributed by atoms with Crippen LogP contribution in [0.2, 0.25) is 0 Å². The molecule has 0 fully saturated rings. The number of carbonyl (C=O) groups is 2. The van der Waals surface area contributed by atoms with Crippen molar-refractivity contribution in [2.45, 2.75) is 11.8 Å². The third-order valence-corrected chi connectivity index (χ3v) is 4.81. The average molecular weight is 318 g/mol. The van der Waals surface area contributed by atoms with E-state index < -0.39 is 44.7 Å². The molecule has 0 radical (unpaired) electrons. The van der Waals surface area contributed by atoms with Gasteiger partial charge in [0.05, 0.1) is 17.0 Å². The summed E-state index contributed by atoms with van der Waals surface area (Å²) in [6.45, 7) is 0.763. The lowest BCUT2D eigenvalue weighted by molar-refractivity contribution is -0.120. The molecule has 0 spiro atoms. The minimum atomic E-state index is -4.18. The topological polar surface area (TPSA) is 104 Å². The first kappa shape index (κ1) is 17.1. The highest BCUT2D eigenvalue weighted by molar-refractivity contribution is 7.89. The summed E-state index contributed by atoms with van der Waals surface area (Å²) in [5.41, 5.74) is -0.686. The Morgan fingerprint density at radius 3 is 2.43 bits per heavy atom. The smallest absolute Gasteiger partial charge is 0.335 e. The van der Waals surface area contributed by atoms with Crippen molar-refractivity contribution >= 4 is 21.9 Å². The van der Waals surface area contributed by atoms with Gasteiger partial charge < -0.3 is 10.4 Å². The Bertz CT molecular complexity index is 687. The number of benzene rings is 1. The average Bonchev–Trinajstić information content (AvgIpc) is 2.40. The normalized spacial score (nSPS) is 11.5. The molecule has 0 atom stereocenters. The number of likely N-dealkylation sites (N-methyl/N-ethyl adjacent to an activating group) is 2. The summed E-state index contributed by atoms with van der Waals surface area (Å²) >= 11 is 0. The van der Waals surface area contributed by atoms with Crippen LogP contribution in [0, 0.1) is 12.7 Å². The minimum absolute atomic E-state index is 0.205. The first-order valence-electron chi connectivity index (χ1n) is 5.81. The summed E-state index contributed by atoms with van der Waals surface area (Å²) in [5.74, 6) is -2.94. The molecular weight excluding hydrogens is 303 g/mol. The number of halogens is 1. The van der Waals surface area contributed by atoms with Crippen molar-refractivity contribution in [3.63, 3.8) is 0 Å². The number of sulfonamides is 1. The van der Waals surface area contributed by atoms with Gasteiger partial charge in [-0.1, -0.05) is 0 Å². The predicted molar refractivity (Wildman–Crippen MR) is 72.0 cm³/mol. The number of nitrogens with one attached hydrogen (secondary N) is 1. The van der Waals surface area contributed by atoms with E-state index in [0.717, 1.165) is 23.5 Å². The summed E-state index contributed by atoms with van der Waals surface area (Å²) in [6, 6.07) is 1.62. The van der Waals surface area contributed by atoms with Crippen LogP contribution in [0.4, 0.5) is 4.39 Å². The van der Waals surface area contributed by atoms with E-state index in [9.17, 15) is 22.4 Å². The Morgan fingerprint density at radius 1 is 1.38 bits per heavy atom. The Balaban J connectivity index is 3.37. The van der Waals surface area contributed by atoms with Crippen LogP contribution in [0.15, 0.2) is 17.0 Å². The molecule has 1 aromatic rings. The molecule has 1 aromatic carbocycles. The molecule has 1 rings (SSSR count). The van der Waals surface area contributed by atoms with Gasteiger partial charge >= 0.3 is 5.97 Å². The van der Waals surface area contributed by atoms with E-state index in [1.54, 1.807) is 0 Å². The third-order valence-electron chi connectivity index (χ3n) is 2.88. The first-order chi connectivity index (χ1) is 9.61. The highest BCUT2D eigenvalue weighted by Crippen LogP contribution is 2.23. The number of carboxylic acid groups (broad SMARTS) is 1. The highest BCUT2D eigenvalue weighted by atomic mass is 32.2. The molecule has 0 heterocycles. The lowest BCUT2D eigenvalue weighted by atomic mass is 10.1. The molecule has 0 aliphatic heterocycles. The maximum Gasteiger partial charge on any atom is 0.335 e. The lowest BCUT2D eigenvalue weighted by Crippen LogP contribution is -2.37. The van der Waals surface area contributed by atoms with Crippen molar-refractivity contribution in [1.82, 2.24) is 9.62 Å². The van der Waals surface area contributed by atoms with E-state index in [0.29, 0.717) is 0 Å². The van der Waals surface area contributed by atoms with Crippen molar-refractivity contribution in [2.24, 2.45) is 0 Å². The van der Waals surface area contributed by atoms with Gasteiger partial charge in [-0.3, -0.25) is 4.79 Å². The molecule has 1 amide bonds. The Morgan fingerprint density at radius 2 is 1.95 bits per heavy atom. The van der Waals surface area contributed by atoms with Crippen LogP contribution >= 0.6 is 0 Å². The number of hydrogen-bond donors (Lipinski definition) is 2. The lowest BCUT2D eigenvalue weighted by Gasteiger charge is -2.18. The number of rotatable bonds is 5. The van der Waals surface area contributed by atoms with Crippen LogP contribution in [0.5, 0.6) is 0 Å². The molecule has 116 valence electrons. The van der Waals surface area contributed by atoms with Crippen LogP contribution in [0.25, 0.3) is 0 Å². The summed E-state index contributed by atoms with van der Waals surface area (Å²) in [7, 11) is -1.69. The summed E-state index contributed by atoms with van der Waals surface area (Å²) < 4.78 is 39.1. The van der Waals surface area contributed by atoms with Gasteiger partial charge in [0, 0.05) is 19.7 Å². The number of carboxylic acids is 1. The number of amides is 1. The van der Waals surface area contributed by atoms with E-state index in [4.69, 9.17) is 5.11 Å². The summed E-state index contributed by atoms with van der Waals surface area (Å²) in [5, 5.41) is 11.1. The quantitative estimate of drug-likeness (QED) is 0.807. The molecule has 2 N–H and O–H groups in total. The molecule has 7 nitrogen and oxygen atoms in total. The standard InChI is InChI=1S/C12H15FN2O5S/c1-7-9(13)4-8(12(17)18)5-10(7)21(19,20)15(3)6-11(16)14-2/h4-5H,6H2,1-3H3,(H,14,16)(H,17,18). The van der Waals surface area contributed by atoms with Gasteiger partial charge in [-0.05, 0) is 19.1 Å². The van der Waals surface area contributed by atoms with Crippen LogP contribution in [0.1, 0.15) is 15.9 Å². The number of hydrogen-bond acceptors (Lipinski definition) is 4. The van der Waals surface area contributed by atoms with E-state index in [1.807, 2.05) is 0 Å². The molecular formula is C12H15FN2O5S. The second-order valence-electron chi connectivity index (χ2n) is 4.32. The fourth-order valence-corrected chi connectivity index (χ4v) is 2.96. The first-order valence-corrected chi connectivity index (χ1v) is 7.25. The van der Waals surface area contributed by atoms with Gasteiger partial charge in [-0.25, -0.2) is 17.6 Å². The molecule has 0 saturated carbocycles. The van der Waals surface area contributed by atoms with Crippen LogP contribution in [0.3, 0.4) is 0 Å². The molecule has 21 heavy (non-hydrogen) atoms. The summed E-state index contributed by atoms with van der Waals surface area (Å²) in [6.07, 6.45) is 0. The van der Waals surface area contributed by atoms with Crippen molar-refractivity contribution in [3.05, 3.63) is 29.1 Å². The third kappa shape index (κ3) is 3.56. The van der Waals surface area contributed by atoms with Crippen LogP contribution in [-0.2, 0) is 14.8 Å². The highest BCUT2D eigenvalue weighted by Gasteiger charge is 2.27. The molecule has 0 aliphatic rings. The zero-order valence-electron chi connectivity index (χ0n) is 11.7. The van der Waals surface area contributed by atoms with Crippen molar-refractivity contribution in [3.8, 4) is 0 Å². The second kappa shape index (κ2) is 6.19. The van der Waals surface area contributed by atoms with Gasteiger partial charge in [-0.2, -0.15) is 4.31 Å². The molecule has 0 saturated heterocycles. The Hall–Kier alpha value is -2.00. The number of carbonyl (C=O) groups excluding carboxylic acids is 1. The maximum absolute atomic E-state index is 13.7. The fraction of sp³-hybridized carbons (Fsp3) is 0.333. The van der Waals surface area contributed by atoms with Crippen molar-refractivity contribution in [2.75, 3.05) is 20.6 Å². The zero-order chi connectivity index (χ0) is 16.4. The van der Waals surface area contributed by atoms with Crippen LogP contribution in [-0.4, -0.2) is 50.3 Å². The molecule has 0 aromatic heterocycles. The minimum Gasteiger partial charge on any atom is -0.478 e. The van der Waals surface area contributed by atoms with Gasteiger partial charge in [0.2, 0.25) is 15.9 Å². The molecule has 0 bridgehead atoms. The molecule has 9 heteroatoms. The monoisotopic (exact) mass is 318 g/mol. The molecule has 0 unspecified atom stereocenters. The van der Waals surface area contributed by atoms with E-state index in [2.05, 4.69) is 5.32 Å². The number of nitrogens with zero attached hydrogens (tertiary/aromatic N) is 1. The van der Waals surface area contributed by atoms with Crippen molar-refractivity contribution in [1.29, 1.82) is 0 Å². The van der Waals surface area contributed by atoms with E-state index >= 15 is 0 Å². The fourth-order valence-electron chi connectivity index (χ4n) is 1.58. The van der Waals surface area contributed by atoms with E-state index in [1.165, 1.54) is 14.0 Å². The second-order valence-corrected chi connectivity index (χ2v) is 6.33. The maximum atomic E-state index is 13.7. The van der Waals surface area contributed by atoms with Gasteiger partial charge in [0.25, 0.3) is 0 Å². The van der Waals surface area contributed by atoms with Gasteiger partial charge in [0.1, 0.15) is 5.82 Å².